The molecule has 0 aromatic heterocycles. The van der Waals surface area contributed by atoms with E-state index in [4.69, 9.17) is 0 Å². The first kappa shape index (κ1) is 11.1. The van der Waals surface area contributed by atoms with Gasteiger partial charge in [-0.1, -0.05) is 67.3 Å². The topological polar surface area (TPSA) is 0 Å². The average molecular weight is 266 g/mol. The first-order chi connectivity index (χ1) is 10.3. The lowest BCUT2D eigenvalue weighted by Crippen LogP contribution is -2.32. The maximum atomic E-state index is 4.20. The molecule has 1 unspecified atom stereocenters. The molecular weight excluding hydrogens is 252 g/mol. The van der Waals surface area contributed by atoms with Gasteiger partial charge in [0.2, 0.25) is 0 Å². The molecule has 0 bridgehead atoms. The highest BCUT2D eigenvalue weighted by Crippen LogP contribution is 2.41. The minimum absolute atomic E-state index is 0.361. The minimum Gasteiger partial charge on any atom is -0.0911 e. The molecule has 2 aliphatic carbocycles. The lowest BCUT2D eigenvalue weighted by atomic mass is 9.76. The largest absolute Gasteiger partial charge is 0.0911 e. The molecule has 3 aromatic carbocycles. The molecule has 5 rings (SSSR count). The lowest BCUT2D eigenvalue weighted by Gasteiger charge is -2.27. The van der Waals surface area contributed by atoms with Crippen molar-refractivity contribution in [3.05, 3.63) is 87.3 Å². The Morgan fingerprint density at radius 2 is 1.76 bits per heavy atom. The first-order valence-corrected chi connectivity index (χ1v) is 7.36. The van der Waals surface area contributed by atoms with Crippen LogP contribution >= 0.6 is 0 Å². The van der Waals surface area contributed by atoms with Gasteiger partial charge in [0, 0.05) is 5.92 Å². The third-order valence-corrected chi connectivity index (χ3v) is 4.80. The maximum absolute atomic E-state index is 4.20. The number of rotatable bonds is 0. The summed E-state index contributed by atoms with van der Waals surface area (Å²) >= 11 is 0. The van der Waals surface area contributed by atoms with E-state index < -0.39 is 0 Å². The van der Waals surface area contributed by atoms with E-state index >= 15 is 0 Å². The highest BCUT2D eigenvalue weighted by Gasteiger charge is 2.25. The van der Waals surface area contributed by atoms with Crippen LogP contribution in [0.2, 0.25) is 0 Å². The zero-order valence-electron chi connectivity index (χ0n) is 11.6. The zero-order chi connectivity index (χ0) is 14.0. The van der Waals surface area contributed by atoms with Crippen molar-refractivity contribution in [2.75, 3.05) is 0 Å². The summed E-state index contributed by atoms with van der Waals surface area (Å²) < 4.78 is 0. The Balaban J connectivity index is 2.04. The normalized spacial score (nSPS) is 17.4. The van der Waals surface area contributed by atoms with Crippen LogP contribution in [-0.2, 0) is 0 Å². The number of allylic oxidation sites excluding steroid dienone is 1. The van der Waals surface area contributed by atoms with Crippen molar-refractivity contribution in [1.82, 2.24) is 0 Å². The van der Waals surface area contributed by atoms with Crippen LogP contribution in [-0.4, -0.2) is 0 Å². The van der Waals surface area contributed by atoms with Crippen LogP contribution < -0.4 is 10.4 Å². The first-order valence-electron chi connectivity index (χ1n) is 7.36. The molecule has 0 amide bonds. The van der Waals surface area contributed by atoms with E-state index in [0.717, 1.165) is 5.22 Å². The number of benzene rings is 3. The molecule has 0 fully saturated rings. The van der Waals surface area contributed by atoms with Crippen LogP contribution in [0.1, 0.15) is 28.2 Å². The molecule has 0 heterocycles. The van der Waals surface area contributed by atoms with Gasteiger partial charge >= 0.3 is 0 Å². The van der Waals surface area contributed by atoms with Crippen LogP contribution in [0.4, 0.5) is 0 Å². The van der Waals surface area contributed by atoms with Crippen molar-refractivity contribution in [2.45, 2.75) is 5.92 Å². The van der Waals surface area contributed by atoms with E-state index in [9.17, 15) is 0 Å². The lowest BCUT2D eigenvalue weighted by molar-refractivity contribution is 1.00. The third kappa shape index (κ3) is 1.34. The predicted octanol–water partition coefficient (Wildman–Crippen LogP) is 3.55. The van der Waals surface area contributed by atoms with Crippen molar-refractivity contribution < 1.29 is 0 Å². The van der Waals surface area contributed by atoms with Crippen molar-refractivity contribution in [3.8, 4) is 0 Å². The van der Waals surface area contributed by atoms with E-state index in [0.29, 0.717) is 5.92 Å². The van der Waals surface area contributed by atoms with E-state index in [1.807, 2.05) is 0 Å². The van der Waals surface area contributed by atoms with Gasteiger partial charge < -0.3 is 0 Å². The average Bonchev–Trinajstić information content (AvgIpc) is 2.53. The van der Waals surface area contributed by atoms with Gasteiger partial charge in [-0.15, -0.1) is 0 Å². The second-order valence-electron chi connectivity index (χ2n) is 5.91. The summed E-state index contributed by atoms with van der Waals surface area (Å²) in [5.74, 6) is 0.361. The summed E-state index contributed by atoms with van der Waals surface area (Å²) in [6.45, 7) is 4.20. The SMILES string of the molecule is C=c1cccc2c1=Cc1ccc3cccc4c3c1C2C=C4. The molecule has 0 aliphatic heterocycles. The van der Waals surface area contributed by atoms with Crippen molar-refractivity contribution >= 4 is 29.5 Å². The zero-order valence-corrected chi connectivity index (χ0v) is 11.6. The molecule has 1 atom stereocenters. The predicted molar refractivity (Wildman–Crippen MR) is 89.6 cm³/mol. The van der Waals surface area contributed by atoms with Gasteiger partial charge in [-0.3, -0.25) is 0 Å². The number of fused-ring (bicyclic) bond motifs is 2. The summed E-state index contributed by atoms with van der Waals surface area (Å²) in [7, 11) is 0. The fourth-order valence-electron chi connectivity index (χ4n) is 3.84. The highest BCUT2D eigenvalue weighted by atomic mass is 14.3. The molecule has 3 aromatic rings. The Hall–Kier alpha value is -2.60. The van der Waals surface area contributed by atoms with Gasteiger partial charge in [0.15, 0.2) is 0 Å². The molecule has 0 nitrogen and oxygen atoms in total. The molecule has 98 valence electrons. The van der Waals surface area contributed by atoms with Crippen LogP contribution in [0.15, 0.2) is 54.6 Å². The fourth-order valence-corrected chi connectivity index (χ4v) is 3.84. The van der Waals surface area contributed by atoms with Gasteiger partial charge in [-0.2, -0.15) is 0 Å². The van der Waals surface area contributed by atoms with E-state index in [1.165, 1.54) is 38.2 Å². The smallest absolute Gasteiger partial charge is 0.0291 e. The molecule has 0 saturated carbocycles. The van der Waals surface area contributed by atoms with Gasteiger partial charge in [0.05, 0.1) is 0 Å². The Morgan fingerprint density at radius 3 is 2.71 bits per heavy atom. The molecule has 0 N–H and O–H groups in total. The Bertz CT molecular complexity index is 1050. The number of hydrogen-bond donors (Lipinski definition) is 0. The molecule has 2 aliphatic rings. The molecule has 21 heavy (non-hydrogen) atoms. The summed E-state index contributed by atoms with van der Waals surface area (Å²) in [5, 5.41) is 5.16. The molecule has 0 saturated heterocycles. The third-order valence-electron chi connectivity index (χ3n) is 4.80. The second kappa shape index (κ2) is 3.73. The van der Waals surface area contributed by atoms with E-state index in [2.05, 4.69) is 73.3 Å². The van der Waals surface area contributed by atoms with Crippen LogP contribution in [0.5, 0.6) is 0 Å². The molecule has 0 radical (unpaired) electrons. The van der Waals surface area contributed by atoms with Crippen molar-refractivity contribution in [3.63, 3.8) is 0 Å². The van der Waals surface area contributed by atoms with Gasteiger partial charge in [-0.05, 0) is 49.5 Å². The van der Waals surface area contributed by atoms with E-state index in [1.54, 1.807) is 0 Å². The van der Waals surface area contributed by atoms with Gasteiger partial charge in [0.25, 0.3) is 0 Å². The monoisotopic (exact) mass is 266 g/mol. The van der Waals surface area contributed by atoms with Gasteiger partial charge in [0.1, 0.15) is 0 Å². The second-order valence-corrected chi connectivity index (χ2v) is 5.91. The van der Waals surface area contributed by atoms with E-state index in [-0.39, 0.29) is 0 Å². The summed E-state index contributed by atoms with van der Waals surface area (Å²) in [5.41, 5.74) is 5.52. The minimum atomic E-state index is 0.361. The highest BCUT2D eigenvalue weighted by molar-refractivity contribution is 5.99. The summed E-state index contributed by atoms with van der Waals surface area (Å²) in [6.07, 6.45) is 6.92. The van der Waals surface area contributed by atoms with Crippen molar-refractivity contribution in [1.29, 1.82) is 0 Å². The standard InChI is InChI=1S/C21H14/c1-13-4-2-7-17-18-11-10-15-6-3-5-14-8-9-16(12-19(13)17)21(18)20(14)15/h2-12,18H,1H2. The Kier molecular flexibility index (Phi) is 1.97. The Morgan fingerprint density at radius 1 is 0.857 bits per heavy atom. The van der Waals surface area contributed by atoms with Crippen molar-refractivity contribution in [2.24, 2.45) is 0 Å². The number of hydrogen-bond acceptors (Lipinski definition) is 0. The Labute approximate surface area is 123 Å². The summed E-state index contributed by atoms with van der Waals surface area (Å²) in [4.78, 5) is 0. The molecular formula is C21H14. The molecule has 0 spiro atoms. The quantitative estimate of drug-likeness (QED) is 0.584. The fraction of sp³-hybridized carbons (Fsp3) is 0.0476. The molecule has 0 heteroatoms. The van der Waals surface area contributed by atoms with Crippen LogP contribution in [0.25, 0.3) is 29.5 Å². The van der Waals surface area contributed by atoms with Gasteiger partial charge in [-0.25, -0.2) is 0 Å². The maximum Gasteiger partial charge on any atom is 0.0291 e. The van der Waals surface area contributed by atoms with Crippen LogP contribution in [0, 0.1) is 0 Å². The van der Waals surface area contributed by atoms with Crippen LogP contribution in [0.3, 0.4) is 0 Å². The summed E-state index contributed by atoms with van der Waals surface area (Å²) in [6, 6.07) is 17.5.